The molecule has 0 aliphatic carbocycles. The van der Waals surface area contributed by atoms with Gasteiger partial charge in [-0.1, -0.05) is 71.8 Å². The second kappa shape index (κ2) is 6.36. The Hall–Kier alpha value is -3.78. The normalized spacial score (nSPS) is 11.7. The molecule has 0 aliphatic rings. The van der Waals surface area contributed by atoms with Crippen LogP contribution in [0, 0.1) is 13.8 Å². The van der Waals surface area contributed by atoms with Gasteiger partial charge in [0.1, 0.15) is 0 Å². The molecule has 4 aromatic carbocycles. The predicted octanol–water partition coefficient (Wildman–Crippen LogP) is 7.34. The van der Waals surface area contributed by atoms with Crippen LogP contribution in [0.3, 0.4) is 0 Å². The third kappa shape index (κ3) is 2.37. The summed E-state index contributed by atoms with van der Waals surface area (Å²) >= 11 is 0. The summed E-state index contributed by atoms with van der Waals surface area (Å²) in [6, 6.07) is 35.1. The Morgan fingerprint density at radius 1 is 0.433 bits per heavy atom. The molecule has 2 heterocycles. The first-order valence-corrected chi connectivity index (χ1v) is 10.4. The van der Waals surface area contributed by atoms with Gasteiger partial charge in [0.15, 0.2) is 0 Å². The molecular formula is C28H22N2. The summed E-state index contributed by atoms with van der Waals surface area (Å²) < 4.78 is 4.83. The van der Waals surface area contributed by atoms with Crippen LogP contribution in [0.25, 0.3) is 44.2 Å². The maximum atomic E-state index is 2.41. The van der Waals surface area contributed by atoms with Crippen molar-refractivity contribution in [1.82, 2.24) is 9.13 Å². The first-order chi connectivity index (χ1) is 14.7. The lowest BCUT2D eigenvalue weighted by Crippen LogP contribution is -1.93. The fourth-order valence-electron chi connectivity index (χ4n) is 4.61. The molecule has 0 atom stereocenters. The fourth-order valence-corrected chi connectivity index (χ4v) is 4.61. The van der Waals surface area contributed by atoms with E-state index < -0.39 is 0 Å². The average Bonchev–Trinajstić information content (AvgIpc) is 3.28. The largest absolute Gasteiger partial charge is 0.307 e. The molecule has 0 bridgehead atoms. The van der Waals surface area contributed by atoms with Crippen LogP contribution in [-0.2, 0) is 0 Å². The Morgan fingerprint density at radius 3 is 1.20 bits per heavy atom. The Kier molecular flexibility index (Phi) is 3.63. The van der Waals surface area contributed by atoms with E-state index in [1.165, 1.54) is 55.3 Å². The number of hydrogen-bond donors (Lipinski definition) is 0. The van der Waals surface area contributed by atoms with Gasteiger partial charge >= 0.3 is 0 Å². The lowest BCUT2D eigenvalue weighted by Gasteiger charge is -2.09. The van der Waals surface area contributed by atoms with Gasteiger partial charge in [-0.15, -0.1) is 0 Å². The first-order valence-electron chi connectivity index (χ1n) is 10.4. The topological polar surface area (TPSA) is 9.86 Å². The number of fused-ring (bicyclic) bond motifs is 5. The van der Waals surface area contributed by atoms with Crippen LogP contribution in [0.1, 0.15) is 11.1 Å². The summed E-state index contributed by atoms with van der Waals surface area (Å²) in [4.78, 5) is 0. The lowest BCUT2D eigenvalue weighted by atomic mass is 10.2. The SMILES string of the molecule is Cc1ccc(-n2c3ccccc3c3c2c2ccccc2n3-c2ccc(C)cc2)cc1. The molecule has 6 rings (SSSR count). The van der Waals surface area contributed by atoms with Gasteiger partial charge in [-0.3, -0.25) is 0 Å². The van der Waals surface area contributed by atoms with Gasteiger partial charge in [0.25, 0.3) is 0 Å². The maximum absolute atomic E-state index is 2.41. The number of aromatic nitrogens is 2. The second-order valence-corrected chi connectivity index (χ2v) is 8.07. The van der Waals surface area contributed by atoms with E-state index in [1.54, 1.807) is 0 Å². The lowest BCUT2D eigenvalue weighted by molar-refractivity contribution is 1.17. The molecule has 0 unspecified atom stereocenters. The van der Waals surface area contributed by atoms with Gasteiger partial charge in [-0.05, 0) is 50.2 Å². The average molecular weight is 386 g/mol. The first kappa shape index (κ1) is 17.1. The quantitative estimate of drug-likeness (QED) is 0.294. The number of rotatable bonds is 2. The van der Waals surface area contributed by atoms with Crippen molar-refractivity contribution in [2.24, 2.45) is 0 Å². The minimum atomic E-state index is 1.19. The maximum Gasteiger partial charge on any atom is 0.0803 e. The number of benzene rings is 4. The van der Waals surface area contributed by atoms with Crippen LogP contribution in [0.4, 0.5) is 0 Å². The summed E-state index contributed by atoms with van der Waals surface area (Å²) in [6.07, 6.45) is 0. The Labute approximate surface area is 175 Å². The summed E-state index contributed by atoms with van der Waals surface area (Å²) in [5.74, 6) is 0. The van der Waals surface area contributed by atoms with E-state index in [2.05, 4.69) is 120 Å². The minimum Gasteiger partial charge on any atom is -0.307 e. The summed E-state index contributed by atoms with van der Waals surface area (Å²) in [5.41, 5.74) is 9.92. The van der Waals surface area contributed by atoms with E-state index >= 15 is 0 Å². The van der Waals surface area contributed by atoms with Crippen molar-refractivity contribution >= 4 is 32.8 Å². The molecule has 0 N–H and O–H groups in total. The number of para-hydroxylation sites is 2. The number of nitrogens with zero attached hydrogens (tertiary/aromatic N) is 2. The Morgan fingerprint density at radius 2 is 0.800 bits per heavy atom. The molecule has 6 aromatic rings. The van der Waals surface area contributed by atoms with Crippen molar-refractivity contribution in [3.63, 3.8) is 0 Å². The molecule has 0 aliphatic heterocycles. The molecule has 0 amide bonds. The third-order valence-electron chi connectivity index (χ3n) is 6.06. The van der Waals surface area contributed by atoms with Crippen LogP contribution in [0.15, 0.2) is 97.1 Å². The summed E-state index contributed by atoms with van der Waals surface area (Å²) in [7, 11) is 0. The molecule has 0 saturated carbocycles. The molecule has 144 valence electrons. The molecule has 2 aromatic heterocycles. The van der Waals surface area contributed by atoms with Gasteiger partial charge in [-0.25, -0.2) is 0 Å². The third-order valence-corrected chi connectivity index (χ3v) is 6.06. The van der Waals surface area contributed by atoms with Gasteiger partial charge in [0, 0.05) is 22.1 Å². The highest BCUT2D eigenvalue weighted by Crippen LogP contribution is 2.40. The van der Waals surface area contributed by atoms with Crippen LogP contribution >= 0.6 is 0 Å². The van der Waals surface area contributed by atoms with E-state index in [4.69, 9.17) is 0 Å². The molecule has 0 spiro atoms. The zero-order valence-electron chi connectivity index (χ0n) is 17.1. The van der Waals surface area contributed by atoms with Gasteiger partial charge in [0.2, 0.25) is 0 Å². The van der Waals surface area contributed by atoms with E-state index in [9.17, 15) is 0 Å². The van der Waals surface area contributed by atoms with E-state index in [0.29, 0.717) is 0 Å². The van der Waals surface area contributed by atoms with E-state index in [1.807, 2.05) is 0 Å². The fraction of sp³-hybridized carbons (Fsp3) is 0.0714. The second-order valence-electron chi connectivity index (χ2n) is 8.07. The minimum absolute atomic E-state index is 1.19. The van der Waals surface area contributed by atoms with Gasteiger partial charge < -0.3 is 9.13 Å². The van der Waals surface area contributed by atoms with Crippen molar-refractivity contribution < 1.29 is 0 Å². The summed E-state index contributed by atoms with van der Waals surface area (Å²) in [5, 5.41) is 2.54. The van der Waals surface area contributed by atoms with Crippen LogP contribution in [0.2, 0.25) is 0 Å². The standard InChI is InChI=1S/C28H22N2/c1-19-11-15-21(16-12-19)29-25-9-5-3-7-23(25)28-27(29)24-8-4-6-10-26(24)30(28)22-17-13-20(2)14-18-22/h3-18H,1-2H3. The highest BCUT2D eigenvalue weighted by molar-refractivity contribution is 6.19. The molecular weight excluding hydrogens is 364 g/mol. The molecule has 0 radical (unpaired) electrons. The van der Waals surface area contributed by atoms with Crippen molar-refractivity contribution in [1.29, 1.82) is 0 Å². The summed E-state index contributed by atoms with van der Waals surface area (Å²) in [6.45, 7) is 4.27. The zero-order chi connectivity index (χ0) is 20.2. The van der Waals surface area contributed by atoms with E-state index in [-0.39, 0.29) is 0 Å². The van der Waals surface area contributed by atoms with Crippen LogP contribution in [0.5, 0.6) is 0 Å². The number of hydrogen-bond acceptors (Lipinski definition) is 0. The zero-order valence-corrected chi connectivity index (χ0v) is 17.1. The van der Waals surface area contributed by atoms with Gasteiger partial charge in [-0.2, -0.15) is 0 Å². The van der Waals surface area contributed by atoms with Crippen molar-refractivity contribution in [2.75, 3.05) is 0 Å². The predicted molar refractivity (Wildman–Crippen MR) is 127 cm³/mol. The number of aryl methyl sites for hydroxylation is 2. The molecule has 0 fully saturated rings. The Balaban J connectivity index is 1.85. The van der Waals surface area contributed by atoms with Crippen molar-refractivity contribution in [3.05, 3.63) is 108 Å². The van der Waals surface area contributed by atoms with Crippen LogP contribution < -0.4 is 0 Å². The van der Waals surface area contributed by atoms with Crippen molar-refractivity contribution in [3.8, 4) is 11.4 Å². The Bertz CT molecular complexity index is 1410. The van der Waals surface area contributed by atoms with Crippen molar-refractivity contribution in [2.45, 2.75) is 13.8 Å². The molecule has 0 saturated heterocycles. The highest BCUT2D eigenvalue weighted by Gasteiger charge is 2.21. The molecule has 2 heteroatoms. The van der Waals surface area contributed by atoms with Crippen LogP contribution in [-0.4, -0.2) is 9.13 Å². The monoisotopic (exact) mass is 386 g/mol. The highest BCUT2D eigenvalue weighted by atomic mass is 15.1. The smallest absolute Gasteiger partial charge is 0.0803 e. The van der Waals surface area contributed by atoms with E-state index in [0.717, 1.165) is 0 Å². The van der Waals surface area contributed by atoms with Gasteiger partial charge in [0.05, 0.1) is 22.1 Å². The molecule has 2 nitrogen and oxygen atoms in total. The molecule has 30 heavy (non-hydrogen) atoms.